The normalized spacial score (nSPS) is 10.5. The number of nitrogens with one attached hydrogen (secondary N) is 1. The van der Waals surface area contributed by atoms with E-state index in [1.54, 1.807) is 6.20 Å². The van der Waals surface area contributed by atoms with E-state index in [-0.39, 0.29) is 0 Å². The summed E-state index contributed by atoms with van der Waals surface area (Å²) in [6, 6.07) is 0. The van der Waals surface area contributed by atoms with Crippen LogP contribution in [0.3, 0.4) is 0 Å². The lowest BCUT2D eigenvalue weighted by Crippen LogP contribution is -1.77. The van der Waals surface area contributed by atoms with E-state index in [1.807, 2.05) is 20.0 Å². The molecule has 0 aliphatic rings. The van der Waals surface area contributed by atoms with Crippen LogP contribution in [-0.4, -0.2) is 15.4 Å². The molecule has 2 rings (SSSR count). The highest BCUT2D eigenvalue weighted by Crippen LogP contribution is 2.24. The Morgan fingerprint density at radius 2 is 2.25 bits per heavy atom. The first-order valence-electron chi connectivity index (χ1n) is 3.71. The van der Waals surface area contributed by atoms with Crippen LogP contribution < -0.4 is 0 Å². The summed E-state index contributed by atoms with van der Waals surface area (Å²) in [6.07, 6.45) is 3.58. The maximum Gasteiger partial charge on any atom is 0.141 e. The van der Waals surface area contributed by atoms with Gasteiger partial charge in [0.2, 0.25) is 0 Å². The molecular formula is C8H9N3O. The van der Waals surface area contributed by atoms with Gasteiger partial charge in [0.15, 0.2) is 0 Å². The maximum atomic E-state index is 5.03. The fourth-order valence-electron chi connectivity index (χ4n) is 1.28. The standard InChI is InChI=1S/C8H9N3O/c1-5-8(6(2)12-11-5)7-3-9-10-4-7/h3-4H,1-2H3,(H,9,10). The molecule has 0 amide bonds. The molecule has 2 heterocycles. The summed E-state index contributed by atoms with van der Waals surface area (Å²) < 4.78 is 5.03. The summed E-state index contributed by atoms with van der Waals surface area (Å²) in [6.45, 7) is 3.81. The zero-order valence-corrected chi connectivity index (χ0v) is 6.96. The van der Waals surface area contributed by atoms with Gasteiger partial charge in [-0.2, -0.15) is 5.10 Å². The van der Waals surface area contributed by atoms with Gasteiger partial charge in [-0.15, -0.1) is 0 Å². The lowest BCUT2D eigenvalue weighted by molar-refractivity contribution is 0.393. The Labute approximate surface area is 69.6 Å². The van der Waals surface area contributed by atoms with Gasteiger partial charge in [-0.1, -0.05) is 5.16 Å². The van der Waals surface area contributed by atoms with Crippen molar-refractivity contribution in [3.8, 4) is 11.1 Å². The summed E-state index contributed by atoms with van der Waals surface area (Å²) in [5, 5.41) is 10.5. The van der Waals surface area contributed by atoms with Crippen LogP contribution in [0, 0.1) is 13.8 Å². The molecule has 0 aliphatic heterocycles. The summed E-state index contributed by atoms with van der Waals surface area (Å²) in [7, 11) is 0. The topological polar surface area (TPSA) is 54.7 Å². The van der Waals surface area contributed by atoms with E-state index in [4.69, 9.17) is 4.52 Å². The van der Waals surface area contributed by atoms with Crippen LogP contribution in [0.5, 0.6) is 0 Å². The second kappa shape index (κ2) is 2.48. The minimum atomic E-state index is 0.828. The summed E-state index contributed by atoms with van der Waals surface area (Å²) in [5.41, 5.74) is 2.95. The van der Waals surface area contributed by atoms with Crippen molar-refractivity contribution in [2.45, 2.75) is 13.8 Å². The number of hydrogen-bond acceptors (Lipinski definition) is 3. The maximum absolute atomic E-state index is 5.03. The van der Waals surface area contributed by atoms with Gasteiger partial charge in [0.25, 0.3) is 0 Å². The molecule has 0 bridgehead atoms. The Hall–Kier alpha value is -1.58. The van der Waals surface area contributed by atoms with Crippen molar-refractivity contribution in [2.24, 2.45) is 0 Å². The molecule has 0 unspecified atom stereocenters. The lowest BCUT2D eigenvalue weighted by Gasteiger charge is -1.91. The molecule has 2 aromatic heterocycles. The van der Waals surface area contributed by atoms with Gasteiger partial charge in [-0.3, -0.25) is 5.10 Å². The average molecular weight is 163 g/mol. The Kier molecular flexibility index (Phi) is 1.46. The molecule has 2 aromatic rings. The first-order valence-corrected chi connectivity index (χ1v) is 3.71. The van der Waals surface area contributed by atoms with Crippen molar-refractivity contribution in [2.75, 3.05) is 0 Å². The molecule has 1 N–H and O–H groups in total. The predicted octanol–water partition coefficient (Wildman–Crippen LogP) is 1.68. The zero-order chi connectivity index (χ0) is 8.55. The molecule has 4 heteroatoms. The largest absolute Gasteiger partial charge is 0.361 e. The first-order chi connectivity index (χ1) is 5.79. The smallest absolute Gasteiger partial charge is 0.141 e. The average Bonchev–Trinajstić information content (AvgIpc) is 2.61. The minimum Gasteiger partial charge on any atom is -0.361 e. The van der Waals surface area contributed by atoms with Gasteiger partial charge in [0, 0.05) is 11.8 Å². The van der Waals surface area contributed by atoms with Crippen molar-refractivity contribution in [3.63, 3.8) is 0 Å². The van der Waals surface area contributed by atoms with Crippen LogP contribution in [0.4, 0.5) is 0 Å². The molecule has 0 atom stereocenters. The minimum absolute atomic E-state index is 0.828. The highest BCUT2D eigenvalue weighted by atomic mass is 16.5. The van der Waals surface area contributed by atoms with Crippen molar-refractivity contribution < 1.29 is 4.52 Å². The molecule has 0 aromatic carbocycles. The quantitative estimate of drug-likeness (QED) is 0.695. The van der Waals surface area contributed by atoms with E-state index in [1.165, 1.54) is 0 Å². The van der Waals surface area contributed by atoms with Crippen molar-refractivity contribution in [1.82, 2.24) is 15.4 Å². The van der Waals surface area contributed by atoms with Gasteiger partial charge in [-0.05, 0) is 13.8 Å². The Morgan fingerprint density at radius 1 is 1.42 bits per heavy atom. The van der Waals surface area contributed by atoms with Crippen LogP contribution >= 0.6 is 0 Å². The number of nitrogens with zero attached hydrogens (tertiary/aromatic N) is 2. The molecule has 12 heavy (non-hydrogen) atoms. The van der Waals surface area contributed by atoms with Gasteiger partial charge in [-0.25, -0.2) is 0 Å². The van der Waals surface area contributed by atoms with Crippen LogP contribution in [0.1, 0.15) is 11.5 Å². The van der Waals surface area contributed by atoms with Crippen molar-refractivity contribution in [3.05, 3.63) is 23.8 Å². The molecular weight excluding hydrogens is 154 g/mol. The number of aromatic amines is 1. The lowest BCUT2D eigenvalue weighted by atomic mass is 10.1. The molecule has 0 fully saturated rings. The Bertz CT molecular complexity index is 355. The van der Waals surface area contributed by atoms with Gasteiger partial charge in [0.1, 0.15) is 5.76 Å². The SMILES string of the molecule is Cc1noc(C)c1-c1cn[nH]c1. The highest BCUT2D eigenvalue weighted by molar-refractivity contribution is 5.65. The van der Waals surface area contributed by atoms with Gasteiger partial charge in [0.05, 0.1) is 17.5 Å². The third-order valence-electron chi connectivity index (χ3n) is 1.82. The molecule has 0 saturated carbocycles. The molecule has 4 nitrogen and oxygen atoms in total. The van der Waals surface area contributed by atoms with Gasteiger partial charge >= 0.3 is 0 Å². The van der Waals surface area contributed by atoms with Crippen LogP contribution in [0.2, 0.25) is 0 Å². The second-order valence-corrected chi connectivity index (χ2v) is 2.69. The Balaban J connectivity index is 2.60. The monoisotopic (exact) mass is 163 g/mol. The molecule has 62 valence electrons. The van der Waals surface area contributed by atoms with E-state index in [0.717, 1.165) is 22.6 Å². The second-order valence-electron chi connectivity index (χ2n) is 2.69. The predicted molar refractivity (Wildman–Crippen MR) is 43.6 cm³/mol. The van der Waals surface area contributed by atoms with Crippen LogP contribution in [-0.2, 0) is 0 Å². The Morgan fingerprint density at radius 3 is 2.75 bits per heavy atom. The van der Waals surface area contributed by atoms with Gasteiger partial charge < -0.3 is 4.52 Å². The molecule has 0 saturated heterocycles. The molecule has 0 radical (unpaired) electrons. The van der Waals surface area contributed by atoms with E-state index >= 15 is 0 Å². The molecule has 0 spiro atoms. The summed E-state index contributed by atoms with van der Waals surface area (Å²) >= 11 is 0. The van der Waals surface area contributed by atoms with E-state index in [0.29, 0.717) is 0 Å². The fourth-order valence-corrected chi connectivity index (χ4v) is 1.28. The van der Waals surface area contributed by atoms with Crippen LogP contribution in [0.15, 0.2) is 16.9 Å². The van der Waals surface area contributed by atoms with E-state index in [9.17, 15) is 0 Å². The van der Waals surface area contributed by atoms with E-state index in [2.05, 4.69) is 15.4 Å². The third-order valence-corrected chi connectivity index (χ3v) is 1.82. The van der Waals surface area contributed by atoms with E-state index < -0.39 is 0 Å². The number of aromatic nitrogens is 3. The summed E-state index contributed by atoms with van der Waals surface area (Å²) in [5.74, 6) is 0.828. The fraction of sp³-hybridized carbons (Fsp3) is 0.250. The number of aryl methyl sites for hydroxylation is 2. The highest BCUT2D eigenvalue weighted by Gasteiger charge is 2.11. The first kappa shape index (κ1) is 7.09. The number of rotatable bonds is 1. The number of hydrogen-bond donors (Lipinski definition) is 1. The van der Waals surface area contributed by atoms with Crippen molar-refractivity contribution >= 4 is 0 Å². The van der Waals surface area contributed by atoms with Crippen molar-refractivity contribution in [1.29, 1.82) is 0 Å². The third kappa shape index (κ3) is 0.922. The van der Waals surface area contributed by atoms with Crippen LogP contribution in [0.25, 0.3) is 11.1 Å². The summed E-state index contributed by atoms with van der Waals surface area (Å²) in [4.78, 5) is 0. The number of H-pyrrole nitrogens is 1. The zero-order valence-electron chi connectivity index (χ0n) is 6.96. The molecule has 0 aliphatic carbocycles.